The van der Waals surface area contributed by atoms with E-state index in [9.17, 15) is 22.0 Å². The summed E-state index contributed by atoms with van der Waals surface area (Å²) in [5.41, 5.74) is -2.05. The van der Waals surface area contributed by atoms with E-state index < -0.39 is 17.5 Å². The van der Waals surface area contributed by atoms with Gasteiger partial charge in [0, 0.05) is 5.41 Å². The highest BCUT2D eigenvalue weighted by molar-refractivity contribution is 4.91. The van der Waals surface area contributed by atoms with Gasteiger partial charge >= 0.3 is 12.1 Å². The Balaban J connectivity index is 4.85. The van der Waals surface area contributed by atoms with E-state index in [2.05, 4.69) is 0 Å². The van der Waals surface area contributed by atoms with Crippen LogP contribution >= 0.6 is 0 Å². The van der Waals surface area contributed by atoms with Crippen LogP contribution in [0.2, 0.25) is 0 Å². The van der Waals surface area contributed by atoms with Gasteiger partial charge in [0.1, 0.15) is 0 Å². The molecule has 0 nitrogen and oxygen atoms in total. The Labute approximate surface area is 86.9 Å². The molecule has 0 fully saturated rings. The third-order valence-electron chi connectivity index (χ3n) is 2.76. The fourth-order valence-corrected chi connectivity index (χ4v) is 1.53. The van der Waals surface area contributed by atoms with Gasteiger partial charge in [-0.05, 0) is 12.3 Å². The predicted molar refractivity (Wildman–Crippen MR) is 48.9 cm³/mol. The number of rotatable bonds is 4. The summed E-state index contributed by atoms with van der Waals surface area (Å²) < 4.78 is 62.6. The molecule has 0 saturated carbocycles. The lowest BCUT2D eigenvalue weighted by atomic mass is 9.77. The van der Waals surface area contributed by atoms with Crippen molar-refractivity contribution in [3.8, 4) is 0 Å². The lowest BCUT2D eigenvalue weighted by molar-refractivity contribution is -0.323. The van der Waals surface area contributed by atoms with Crippen LogP contribution in [0.4, 0.5) is 22.0 Å². The van der Waals surface area contributed by atoms with Crippen LogP contribution < -0.4 is 0 Å². The molecule has 1 atom stereocenters. The SMILES string of the molecule is CCC(C)CC(C)(C)C(F)(F)C(F)(F)F. The van der Waals surface area contributed by atoms with Crippen LogP contribution in [-0.2, 0) is 0 Å². The van der Waals surface area contributed by atoms with Gasteiger partial charge < -0.3 is 0 Å². The molecule has 0 heterocycles. The molecule has 0 aromatic heterocycles. The lowest BCUT2D eigenvalue weighted by Gasteiger charge is -2.36. The zero-order valence-corrected chi connectivity index (χ0v) is 9.38. The second-order valence-corrected chi connectivity index (χ2v) is 4.67. The Bertz CT molecular complexity index is 204. The van der Waals surface area contributed by atoms with E-state index in [0.717, 1.165) is 13.8 Å². The molecule has 0 aromatic rings. The molecule has 0 saturated heterocycles. The Morgan fingerprint density at radius 1 is 1.00 bits per heavy atom. The van der Waals surface area contributed by atoms with Gasteiger partial charge in [-0.25, -0.2) is 0 Å². The Morgan fingerprint density at radius 3 is 1.67 bits per heavy atom. The van der Waals surface area contributed by atoms with Gasteiger partial charge in [0.15, 0.2) is 0 Å². The monoisotopic (exact) mass is 232 g/mol. The van der Waals surface area contributed by atoms with Crippen molar-refractivity contribution in [3.05, 3.63) is 0 Å². The molecule has 0 bridgehead atoms. The Morgan fingerprint density at radius 2 is 1.40 bits per heavy atom. The lowest BCUT2D eigenvalue weighted by Crippen LogP contribution is -2.49. The normalized spacial score (nSPS) is 16.6. The minimum Gasteiger partial charge on any atom is -0.196 e. The number of alkyl halides is 5. The summed E-state index contributed by atoms with van der Waals surface area (Å²) >= 11 is 0. The van der Waals surface area contributed by atoms with E-state index >= 15 is 0 Å². The van der Waals surface area contributed by atoms with Crippen molar-refractivity contribution < 1.29 is 22.0 Å². The predicted octanol–water partition coefficient (Wildman–Crippen LogP) is 4.65. The highest BCUT2D eigenvalue weighted by Gasteiger charge is 2.65. The maximum absolute atomic E-state index is 13.1. The van der Waals surface area contributed by atoms with E-state index in [1.54, 1.807) is 13.8 Å². The summed E-state index contributed by atoms with van der Waals surface area (Å²) in [7, 11) is 0. The molecule has 5 heteroatoms. The molecule has 0 N–H and O–H groups in total. The van der Waals surface area contributed by atoms with Crippen LogP contribution in [0.25, 0.3) is 0 Å². The van der Waals surface area contributed by atoms with Gasteiger partial charge in [0.2, 0.25) is 0 Å². The Hall–Kier alpha value is -0.350. The summed E-state index contributed by atoms with van der Waals surface area (Å²) in [6.07, 6.45) is -5.02. The second-order valence-electron chi connectivity index (χ2n) is 4.67. The molecule has 0 aliphatic carbocycles. The van der Waals surface area contributed by atoms with Crippen LogP contribution in [0.5, 0.6) is 0 Å². The van der Waals surface area contributed by atoms with Gasteiger partial charge in [-0.1, -0.05) is 34.1 Å². The highest BCUT2D eigenvalue weighted by Crippen LogP contribution is 2.50. The number of halogens is 5. The summed E-state index contributed by atoms with van der Waals surface area (Å²) in [6, 6.07) is 0. The van der Waals surface area contributed by atoms with E-state index in [4.69, 9.17) is 0 Å². The molecule has 0 aliphatic rings. The topological polar surface area (TPSA) is 0 Å². The van der Waals surface area contributed by atoms with Crippen LogP contribution in [0, 0.1) is 11.3 Å². The quantitative estimate of drug-likeness (QED) is 0.619. The third kappa shape index (κ3) is 3.05. The van der Waals surface area contributed by atoms with Crippen molar-refractivity contribution in [1.29, 1.82) is 0 Å². The molecule has 0 radical (unpaired) electrons. The molecular formula is C10H17F5. The second kappa shape index (κ2) is 4.26. The van der Waals surface area contributed by atoms with Gasteiger partial charge in [-0.15, -0.1) is 0 Å². The van der Waals surface area contributed by atoms with Crippen LogP contribution in [0.15, 0.2) is 0 Å². The fourth-order valence-electron chi connectivity index (χ4n) is 1.53. The molecule has 0 aliphatic heterocycles. The maximum atomic E-state index is 13.1. The third-order valence-corrected chi connectivity index (χ3v) is 2.76. The van der Waals surface area contributed by atoms with E-state index in [0.29, 0.717) is 6.42 Å². The summed E-state index contributed by atoms with van der Waals surface area (Å²) in [4.78, 5) is 0. The molecular weight excluding hydrogens is 215 g/mol. The van der Waals surface area contributed by atoms with Crippen LogP contribution in [0.3, 0.4) is 0 Å². The van der Waals surface area contributed by atoms with Gasteiger partial charge in [-0.2, -0.15) is 22.0 Å². The van der Waals surface area contributed by atoms with Crippen molar-refractivity contribution in [2.75, 3.05) is 0 Å². The summed E-state index contributed by atoms with van der Waals surface area (Å²) in [5.74, 6) is -4.78. The number of hydrogen-bond donors (Lipinski definition) is 0. The van der Waals surface area contributed by atoms with Gasteiger partial charge in [0.25, 0.3) is 0 Å². The van der Waals surface area contributed by atoms with Crippen molar-refractivity contribution >= 4 is 0 Å². The summed E-state index contributed by atoms with van der Waals surface area (Å²) in [6.45, 7) is 5.37. The molecule has 0 aromatic carbocycles. The molecule has 0 amide bonds. The molecule has 1 unspecified atom stereocenters. The smallest absolute Gasteiger partial charge is 0.196 e. The first-order valence-corrected chi connectivity index (χ1v) is 4.90. The first-order valence-electron chi connectivity index (χ1n) is 4.90. The van der Waals surface area contributed by atoms with Crippen molar-refractivity contribution in [3.63, 3.8) is 0 Å². The standard InChI is InChI=1S/C10H17F5/c1-5-7(2)6-8(3,4)9(11,12)10(13,14)15/h7H,5-6H2,1-4H3. The van der Waals surface area contributed by atoms with Gasteiger partial charge in [0.05, 0.1) is 0 Å². The van der Waals surface area contributed by atoms with Crippen LogP contribution in [0.1, 0.15) is 40.5 Å². The zero-order chi connectivity index (χ0) is 12.5. The first kappa shape index (κ1) is 14.6. The van der Waals surface area contributed by atoms with Crippen molar-refractivity contribution in [2.45, 2.75) is 52.6 Å². The van der Waals surface area contributed by atoms with Crippen LogP contribution in [-0.4, -0.2) is 12.1 Å². The zero-order valence-electron chi connectivity index (χ0n) is 9.38. The largest absolute Gasteiger partial charge is 0.453 e. The number of hydrogen-bond acceptors (Lipinski definition) is 0. The average Bonchev–Trinajstić information content (AvgIpc) is 2.00. The first-order chi connectivity index (χ1) is 6.45. The Kier molecular flexibility index (Phi) is 4.16. The van der Waals surface area contributed by atoms with Crippen molar-refractivity contribution in [2.24, 2.45) is 11.3 Å². The van der Waals surface area contributed by atoms with E-state index in [-0.39, 0.29) is 12.3 Å². The van der Waals surface area contributed by atoms with E-state index in [1.807, 2.05) is 0 Å². The summed E-state index contributed by atoms with van der Waals surface area (Å²) in [5, 5.41) is 0. The molecule has 0 rings (SSSR count). The van der Waals surface area contributed by atoms with Crippen molar-refractivity contribution in [1.82, 2.24) is 0 Å². The molecule has 0 spiro atoms. The minimum absolute atomic E-state index is 0.143. The van der Waals surface area contributed by atoms with Gasteiger partial charge in [-0.3, -0.25) is 0 Å². The highest BCUT2D eigenvalue weighted by atomic mass is 19.4. The van der Waals surface area contributed by atoms with E-state index in [1.165, 1.54) is 0 Å². The fraction of sp³-hybridized carbons (Fsp3) is 1.00. The molecule has 92 valence electrons. The maximum Gasteiger partial charge on any atom is 0.453 e. The molecule has 15 heavy (non-hydrogen) atoms. The minimum atomic E-state index is -5.47. The average molecular weight is 232 g/mol.